The van der Waals surface area contributed by atoms with Crippen LogP contribution in [0.1, 0.15) is 17.3 Å². The van der Waals surface area contributed by atoms with Crippen LogP contribution >= 0.6 is 0 Å². The van der Waals surface area contributed by atoms with E-state index >= 15 is 0 Å². The number of benzene rings is 1. The fourth-order valence-corrected chi connectivity index (χ4v) is 0.962. The van der Waals surface area contributed by atoms with Crippen LogP contribution in [-0.2, 0) is 0 Å². The van der Waals surface area contributed by atoms with E-state index in [1.807, 2.05) is 0 Å². The maximum absolute atomic E-state index is 10.9. The summed E-state index contributed by atoms with van der Waals surface area (Å²) in [6, 6.07) is 4.80. The Morgan fingerprint density at radius 1 is 1.50 bits per heavy atom. The number of hydrogen-bond donors (Lipinski definition) is 2. The van der Waals surface area contributed by atoms with Crippen LogP contribution in [0.2, 0.25) is 0 Å². The topological polar surface area (TPSA) is 49.3 Å². The predicted molar refractivity (Wildman–Crippen MR) is 47.7 cm³/mol. The minimum absolute atomic E-state index is 0.0482. The molecule has 0 aliphatic rings. The van der Waals surface area contributed by atoms with Gasteiger partial charge in [0.05, 0.1) is 5.69 Å². The Morgan fingerprint density at radius 3 is 2.58 bits per heavy atom. The highest BCUT2D eigenvalue weighted by Crippen LogP contribution is 2.23. The van der Waals surface area contributed by atoms with Gasteiger partial charge in [-0.15, -0.1) is 0 Å². The van der Waals surface area contributed by atoms with Gasteiger partial charge in [0.1, 0.15) is 5.75 Å². The molecule has 0 saturated carbocycles. The molecule has 0 heterocycles. The SMILES string of the molecule is CNc1ccc(C(C)=O)cc1O. The second kappa shape index (κ2) is 3.26. The first-order valence-corrected chi connectivity index (χ1v) is 3.67. The summed E-state index contributed by atoms with van der Waals surface area (Å²) >= 11 is 0. The van der Waals surface area contributed by atoms with Gasteiger partial charge in [-0.3, -0.25) is 4.79 Å². The number of carbonyl (C=O) groups is 1. The number of aromatic hydroxyl groups is 1. The zero-order valence-corrected chi connectivity index (χ0v) is 7.09. The van der Waals surface area contributed by atoms with E-state index in [1.54, 1.807) is 19.2 Å². The largest absolute Gasteiger partial charge is 0.506 e. The molecule has 3 heteroatoms. The number of nitrogens with one attached hydrogen (secondary N) is 1. The summed E-state index contributed by atoms with van der Waals surface area (Å²) in [5, 5.41) is 12.1. The molecule has 0 radical (unpaired) electrons. The van der Waals surface area contributed by atoms with Crippen molar-refractivity contribution in [1.82, 2.24) is 0 Å². The summed E-state index contributed by atoms with van der Waals surface area (Å²) < 4.78 is 0. The highest BCUT2D eigenvalue weighted by molar-refractivity contribution is 5.95. The van der Waals surface area contributed by atoms with Crippen molar-refractivity contribution in [2.75, 3.05) is 12.4 Å². The fourth-order valence-electron chi connectivity index (χ4n) is 0.962. The van der Waals surface area contributed by atoms with E-state index in [1.165, 1.54) is 13.0 Å². The molecule has 0 atom stereocenters. The third-order valence-corrected chi connectivity index (χ3v) is 1.67. The van der Waals surface area contributed by atoms with E-state index < -0.39 is 0 Å². The molecule has 0 unspecified atom stereocenters. The van der Waals surface area contributed by atoms with Gasteiger partial charge in [-0.25, -0.2) is 0 Å². The predicted octanol–water partition coefficient (Wildman–Crippen LogP) is 1.64. The van der Waals surface area contributed by atoms with Crippen molar-refractivity contribution in [3.8, 4) is 5.75 Å². The number of carbonyl (C=O) groups excluding carboxylic acids is 1. The van der Waals surface area contributed by atoms with Crippen molar-refractivity contribution >= 4 is 11.5 Å². The van der Waals surface area contributed by atoms with Crippen LogP contribution in [-0.4, -0.2) is 17.9 Å². The molecule has 64 valence electrons. The van der Waals surface area contributed by atoms with E-state index in [0.717, 1.165) is 0 Å². The van der Waals surface area contributed by atoms with Crippen molar-refractivity contribution in [2.24, 2.45) is 0 Å². The first-order chi connectivity index (χ1) is 5.65. The minimum atomic E-state index is -0.0482. The summed E-state index contributed by atoms with van der Waals surface area (Å²) in [6.45, 7) is 1.47. The lowest BCUT2D eigenvalue weighted by molar-refractivity contribution is 0.101. The summed E-state index contributed by atoms with van der Waals surface area (Å²) in [6.07, 6.45) is 0. The minimum Gasteiger partial charge on any atom is -0.506 e. The third-order valence-electron chi connectivity index (χ3n) is 1.67. The van der Waals surface area contributed by atoms with E-state index in [0.29, 0.717) is 11.3 Å². The Hall–Kier alpha value is -1.51. The number of anilines is 1. The fraction of sp³-hybridized carbons (Fsp3) is 0.222. The van der Waals surface area contributed by atoms with E-state index in [-0.39, 0.29) is 11.5 Å². The zero-order valence-electron chi connectivity index (χ0n) is 7.09. The smallest absolute Gasteiger partial charge is 0.159 e. The number of phenols is 1. The molecule has 0 saturated heterocycles. The monoisotopic (exact) mass is 165 g/mol. The first kappa shape index (κ1) is 8.59. The Balaban J connectivity index is 3.10. The number of rotatable bonds is 2. The zero-order chi connectivity index (χ0) is 9.14. The van der Waals surface area contributed by atoms with Gasteiger partial charge in [-0.05, 0) is 25.1 Å². The lowest BCUT2D eigenvalue weighted by atomic mass is 10.1. The molecule has 1 aromatic carbocycles. The van der Waals surface area contributed by atoms with Crippen molar-refractivity contribution in [3.05, 3.63) is 23.8 Å². The Labute approximate surface area is 71.0 Å². The van der Waals surface area contributed by atoms with Crippen molar-refractivity contribution in [1.29, 1.82) is 0 Å². The highest BCUT2D eigenvalue weighted by atomic mass is 16.3. The summed E-state index contributed by atoms with van der Waals surface area (Å²) in [4.78, 5) is 10.9. The number of Topliss-reactive ketones (excluding diaryl/α,β-unsaturated/α-hetero) is 1. The maximum Gasteiger partial charge on any atom is 0.159 e. The lowest BCUT2D eigenvalue weighted by Crippen LogP contribution is -1.94. The van der Waals surface area contributed by atoms with Crippen LogP contribution in [0.25, 0.3) is 0 Å². The Kier molecular flexibility index (Phi) is 2.33. The van der Waals surface area contributed by atoms with Crippen molar-refractivity contribution in [2.45, 2.75) is 6.92 Å². The molecular weight excluding hydrogens is 154 g/mol. The molecule has 0 fully saturated rings. The van der Waals surface area contributed by atoms with E-state index in [2.05, 4.69) is 5.32 Å². The van der Waals surface area contributed by atoms with Gasteiger partial charge in [-0.2, -0.15) is 0 Å². The quantitative estimate of drug-likeness (QED) is 0.517. The summed E-state index contributed by atoms with van der Waals surface area (Å²) in [5.74, 6) is 0.0538. The highest BCUT2D eigenvalue weighted by Gasteiger charge is 2.03. The van der Waals surface area contributed by atoms with Gasteiger partial charge in [0.15, 0.2) is 5.78 Å². The second-order valence-corrected chi connectivity index (χ2v) is 2.54. The van der Waals surface area contributed by atoms with Gasteiger partial charge in [0.2, 0.25) is 0 Å². The third kappa shape index (κ3) is 1.56. The summed E-state index contributed by atoms with van der Waals surface area (Å²) in [7, 11) is 1.71. The Morgan fingerprint density at radius 2 is 2.17 bits per heavy atom. The average molecular weight is 165 g/mol. The maximum atomic E-state index is 10.9. The standard InChI is InChI=1S/C9H11NO2/c1-6(11)7-3-4-8(10-2)9(12)5-7/h3-5,10,12H,1-2H3. The number of ketones is 1. The molecule has 3 nitrogen and oxygen atoms in total. The molecular formula is C9H11NO2. The average Bonchev–Trinajstić information content (AvgIpc) is 2.04. The van der Waals surface area contributed by atoms with Gasteiger partial charge < -0.3 is 10.4 Å². The normalized spacial score (nSPS) is 9.50. The van der Waals surface area contributed by atoms with Gasteiger partial charge >= 0.3 is 0 Å². The van der Waals surface area contributed by atoms with E-state index in [9.17, 15) is 9.90 Å². The van der Waals surface area contributed by atoms with Crippen LogP contribution in [0.3, 0.4) is 0 Å². The molecule has 0 aromatic heterocycles. The van der Waals surface area contributed by atoms with Crippen LogP contribution < -0.4 is 5.32 Å². The molecule has 1 rings (SSSR count). The molecule has 0 aliphatic heterocycles. The van der Waals surface area contributed by atoms with Crippen LogP contribution in [0, 0.1) is 0 Å². The Bertz CT molecular complexity index is 307. The van der Waals surface area contributed by atoms with Crippen molar-refractivity contribution in [3.63, 3.8) is 0 Å². The lowest BCUT2D eigenvalue weighted by Gasteiger charge is -2.03. The molecule has 2 N–H and O–H groups in total. The van der Waals surface area contributed by atoms with Crippen LogP contribution in [0.4, 0.5) is 5.69 Å². The van der Waals surface area contributed by atoms with Gasteiger partial charge in [-0.1, -0.05) is 0 Å². The van der Waals surface area contributed by atoms with Crippen LogP contribution in [0.15, 0.2) is 18.2 Å². The number of phenolic OH excluding ortho intramolecular Hbond substituents is 1. The summed E-state index contributed by atoms with van der Waals surface area (Å²) in [5.41, 5.74) is 1.14. The van der Waals surface area contributed by atoms with Crippen LogP contribution in [0.5, 0.6) is 5.75 Å². The molecule has 0 amide bonds. The molecule has 0 spiro atoms. The molecule has 0 bridgehead atoms. The first-order valence-electron chi connectivity index (χ1n) is 3.67. The van der Waals surface area contributed by atoms with E-state index in [4.69, 9.17) is 0 Å². The molecule has 1 aromatic rings. The molecule has 0 aliphatic carbocycles. The van der Waals surface area contributed by atoms with Gasteiger partial charge in [0.25, 0.3) is 0 Å². The van der Waals surface area contributed by atoms with Gasteiger partial charge in [0, 0.05) is 12.6 Å². The molecule has 12 heavy (non-hydrogen) atoms. The second-order valence-electron chi connectivity index (χ2n) is 2.54. The number of hydrogen-bond acceptors (Lipinski definition) is 3. The van der Waals surface area contributed by atoms with Crippen molar-refractivity contribution < 1.29 is 9.90 Å².